The third-order valence-electron chi connectivity index (χ3n) is 6.94. The smallest absolute Gasteiger partial charge is 0.251 e. The van der Waals surface area contributed by atoms with E-state index in [1.165, 1.54) is 0 Å². The van der Waals surface area contributed by atoms with Gasteiger partial charge in [-0.3, -0.25) is 14.4 Å². The second-order valence-corrected chi connectivity index (χ2v) is 11.3. The van der Waals surface area contributed by atoms with Gasteiger partial charge in [-0.05, 0) is 68.9 Å². The predicted octanol–water partition coefficient (Wildman–Crippen LogP) is 3.98. The number of hydrogen-bond donors (Lipinski definition) is 5. The van der Waals surface area contributed by atoms with Crippen LogP contribution in [0, 0.1) is 0 Å². The van der Waals surface area contributed by atoms with Crippen molar-refractivity contribution in [3.8, 4) is 11.1 Å². The Balaban J connectivity index is 1.66. The van der Waals surface area contributed by atoms with Crippen LogP contribution < -0.4 is 21.3 Å². The first-order valence-electron chi connectivity index (χ1n) is 14.6. The second kappa shape index (κ2) is 15.8. The number of β-amino-alcohol motifs (C(OH)–C–C–N with tert-alkyl or cyclic N) is 1. The van der Waals surface area contributed by atoms with Crippen molar-refractivity contribution in [1.82, 2.24) is 21.3 Å². The Morgan fingerprint density at radius 2 is 1.52 bits per heavy atom. The maximum absolute atomic E-state index is 13.3. The van der Waals surface area contributed by atoms with Crippen molar-refractivity contribution in [1.29, 1.82) is 0 Å². The molecule has 0 spiro atoms. The Labute approximate surface area is 249 Å². The quantitative estimate of drug-likeness (QED) is 0.189. The summed E-state index contributed by atoms with van der Waals surface area (Å²) in [5.74, 6) is -0.601. The molecule has 8 nitrogen and oxygen atoms in total. The number of aliphatic hydroxyl groups is 1. The number of aliphatic hydroxyl groups excluding tert-OH is 1. The van der Waals surface area contributed by atoms with Crippen LogP contribution in [-0.4, -0.2) is 53.6 Å². The van der Waals surface area contributed by atoms with Gasteiger partial charge in [0.1, 0.15) is 6.04 Å². The minimum absolute atomic E-state index is 0.116. The predicted molar refractivity (Wildman–Crippen MR) is 167 cm³/mol. The van der Waals surface area contributed by atoms with Gasteiger partial charge in [-0.25, -0.2) is 0 Å². The van der Waals surface area contributed by atoms with Gasteiger partial charge in [0.2, 0.25) is 11.8 Å². The molecule has 0 fully saturated rings. The molecule has 5 N–H and O–H groups in total. The van der Waals surface area contributed by atoms with E-state index in [0.717, 1.165) is 22.3 Å². The summed E-state index contributed by atoms with van der Waals surface area (Å²) >= 11 is 0. The molecule has 8 heteroatoms. The molecule has 3 rings (SSSR count). The Hall–Kier alpha value is -4.01. The van der Waals surface area contributed by atoms with E-state index in [2.05, 4.69) is 21.3 Å². The molecule has 3 aromatic carbocycles. The standard InChI is InChI=1S/C34H44N4O4/c1-5-35-32(41)29-14-10-9-13-28(29)27-18-15-26(16-19-27)23-36-33(42)30(20-17-25-11-7-6-8-12-25)38-31(40)21-34(3,4)37-22-24(2)39/h6-16,18-19,24,30,37,39H,5,17,20-23H2,1-4H3,(H,35,41)(H,36,42)(H,38,40). The van der Waals surface area contributed by atoms with Crippen molar-refractivity contribution in [2.75, 3.05) is 13.1 Å². The van der Waals surface area contributed by atoms with Gasteiger partial charge in [-0.2, -0.15) is 0 Å². The number of amides is 3. The highest BCUT2D eigenvalue weighted by Crippen LogP contribution is 2.24. The van der Waals surface area contributed by atoms with Crippen molar-refractivity contribution in [3.63, 3.8) is 0 Å². The van der Waals surface area contributed by atoms with Gasteiger partial charge in [-0.1, -0.05) is 72.8 Å². The van der Waals surface area contributed by atoms with Crippen LogP contribution in [0.1, 0.15) is 62.0 Å². The Bertz CT molecular complexity index is 1310. The van der Waals surface area contributed by atoms with Crippen LogP contribution in [0.4, 0.5) is 0 Å². The summed E-state index contributed by atoms with van der Waals surface area (Å²) in [6.07, 6.45) is 0.732. The SMILES string of the molecule is CCNC(=O)c1ccccc1-c1ccc(CNC(=O)C(CCc2ccccc2)NC(=O)CC(C)(C)NCC(C)O)cc1. The molecule has 3 aromatic rings. The summed E-state index contributed by atoms with van der Waals surface area (Å²) in [5, 5.41) is 21.6. The van der Waals surface area contributed by atoms with Crippen molar-refractivity contribution < 1.29 is 19.5 Å². The zero-order valence-corrected chi connectivity index (χ0v) is 25.1. The average molecular weight is 573 g/mol. The van der Waals surface area contributed by atoms with Crippen molar-refractivity contribution in [2.45, 2.75) is 71.2 Å². The summed E-state index contributed by atoms with van der Waals surface area (Å²) in [7, 11) is 0. The third kappa shape index (κ3) is 10.4. The molecule has 0 aliphatic rings. The molecule has 224 valence electrons. The Morgan fingerprint density at radius 3 is 2.19 bits per heavy atom. The number of rotatable bonds is 15. The van der Waals surface area contributed by atoms with Gasteiger partial charge < -0.3 is 26.4 Å². The molecule has 0 heterocycles. The number of benzene rings is 3. The van der Waals surface area contributed by atoms with Gasteiger partial charge in [0.25, 0.3) is 5.91 Å². The molecule has 0 saturated heterocycles. The maximum atomic E-state index is 13.3. The van der Waals surface area contributed by atoms with Gasteiger partial charge in [0.05, 0.1) is 6.10 Å². The highest BCUT2D eigenvalue weighted by molar-refractivity contribution is 6.00. The molecule has 3 amide bonds. The van der Waals surface area contributed by atoms with E-state index in [-0.39, 0.29) is 24.1 Å². The molecule has 0 aromatic heterocycles. The average Bonchev–Trinajstić information content (AvgIpc) is 2.97. The van der Waals surface area contributed by atoms with E-state index in [9.17, 15) is 19.5 Å². The minimum atomic E-state index is -0.700. The highest BCUT2D eigenvalue weighted by Gasteiger charge is 2.26. The molecule has 0 saturated carbocycles. The molecule has 0 radical (unpaired) electrons. The van der Waals surface area contributed by atoms with Crippen molar-refractivity contribution in [2.24, 2.45) is 0 Å². The topological polar surface area (TPSA) is 120 Å². The summed E-state index contributed by atoms with van der Waals surface area (Å²) in [6, 6.07) is 24.4. The fourth-order valence-corrected chi connectivity index (χ4v) is 4.66. The lowest BCUT2D eigenvalue weighted by Gasteiger charge is -2.28. The van der Waals surface area contributed by atoms with Crippen LogP contribution in [0.25, 0.3) is 11.1 Å². The summed E-state index contributed by atoms with van der Waals surface area (Å²) in [4.78, 5) is 38.8. The first-order chi connectivity index (χ1) is 20.1. The Kier molecular flexibility index (Phi) is 12.3. The van der Waals surface area contributed by atoms with E-state index in [4.69, 9.17) is 0 Å². The number of hydrogen-bond acceptors (Lipinski definition) is 5. The Morgan fingerprint density at radius 1 is 0.857 bits per heavy atom. The largest absolute Gasteiger partial charge is 0.392 e. The van der Waals surface area contributed by atoms with E-state index >= 15 is 0 Å². The number of nitrogens with one attached hydrogen (secondary N) is 4. The number of aryl methyl sites for hydroxylation is 1. The van der Waals surface area contributed by atoms with Crippen molar-refractivity contribution >= 4 is 17.7 Å². The maximum Gasteiger partial charge on any atom is 0.251 e. The van der Waals surface area contributed by atoms with Crippen molar-refractivity contribution in [3.05, 3.63) is 95.6 Å². The minimum Gasteiger partial charge on any atom is -0.392 e. The highest BCUT2D eigenvalue weighted by atomic mass is 16.3. The monoisotopic (exact) mass is 572 g/mol. The molecule has 2 atom stereocenters. The van der Waals surface area contributed by atoms with Gasteiger partial charge >= 0.3 is 0 Å². The van der Waals surface area contributed by atoms with Gasteiger partial charge in [-0.15, -0.1) is 0 Å². The first-order valence-corrected chi connectivity index (χ1v) is 14.6. The fraction of sp³-hybridized carbons (Fsp3) is 0.382. The summed E-state index contributed by atoms with van der Waals surface area (Å²) in [6.45, 7) is 8.59. The lowest BCUT2D eigenvalue weighted by molar-refractivity contribution is -0.129. The van der Waals surface area contributed by atoms with Crippen LogP contribution in [0.3, 0.4) is 0 Å². The van der Waals surface area contributed by atoms with Crippen LogP contribution in [0.5, 0.6) is 0 Å². The lowest BCUT2D eigenvalue weighted by Crippen LogP contribution is -2.51. The molecule has 0 aliphatic carbocycles. The third-order valence-corrected chi connectivity index (χ3v) is 6.94. The van der Waals surface area contributed by atoms with Crippen LogP contribution in [-0.2, 0) is 22.6 Å². The fourth-order valence-electron chi connectivity index (χ4n) is 4.66. The molecular weight excluding hydrogens is 528 g/mol. The lowest BCUT2D eigenvalue weighted by atomic mass is 9.98. The molecule has 0 bridgehead atoms. The van der Waals surface area contributed by atoms with E-state index in [1.807, 2.05) is 99.6 Å². The van der Waals surface area contributed by atoms with Gasteiger partial charge in [0.15, 0.2) is 0 Å². The van der Waals surface area contributed by atoms with E-state index in [1.54, 1.807) is 6.92 Å². The normalized spacial score (nSPS) is 12.7. The van der Waals surface area contributed by atoms with Crippen LogP contribution in [0.15, 0.2) is 78.9 Å². The number of carbonyl (C=O) groups excluding carboxylic acids is 3. The zero-order chi connectivity index (χ0) is 30.5. The molecule has 0 aliphatic heterocycles. The van der Waals surface area contributed by atoms with E-state index < -0.39 is 17.7 Å². The summed E-state index contributed by atoms with van der Waals surface area (Å²) in [5.41, 5.74) is 3.81. The molecule has 2 unspecified atom stereocenters. The summed E-state index contributed by atoms with van der Waals surface area (Å²) < 4.78 is 0. The van der Waals surface area contributed by atoms with Crippen LogP contribution >= 0.6 is 0 Å². The molecule has 42 heavy (non-hydrogen) atoms. The second-order valence-electron chi connectivity index (χ2n) is 11.3. The molecular formula is C34H44N4O4. The van der Waals surface area contributed by atoms with Crippen LogP contribution in [0.2, 0.25) is 0 Å². The number of carbonyl (C=O) groups is 3. The van der Waals surface area contributed by atoms with E-state index in [0.29, 0.717) is 38.0 Å². The zero-order valence-electron chi connectivity index (χ0n) is 25.1. The van der Waals surface area contributed by atoms with Gasteiger partial charge in [0, 0.05) is 37.2 Å². The first kappa shape index (κ1) is 32.5.